The molecule has 35 heavy (non-hydrogen) atoms. The van der Waals surface area contributed by atoms with Crippen molar-refractivity contribution in [2.24, 2.45) is 0 Å². The van der Waals surface area contributed by atoms with Gasteiger partial charge < -0.3 is 24.4 Å². The van der Waals surface area contributed by atoms with Gasteiger partial charge in [-0.1, -0.05) is 6.42 Å². The molecule has 2 aliphatic heterocycles. The van der Waals surface area contributed by atoms with Crippen molar-refractivity contribution in [2.45, 2.75) is 70.9 Å². The van der Waals surface area contributed by atoms with Crippen molar-refractivity contribution in [3.63, 3.8) is 0 Å². The van der Waals surface area contributed by atoms with E-state index >= 15 is 0 Å². The summed E-state index contributed by atoms with van der Waals surface area (Å²) in [5.74, 6) is 0.645. The maximum atomic E-state index is 12.5. The number of carbonyl (C=O) groups excluding carboxylic acids is 1. The Kier molecular flexibility index (Phi) is 10.1. The van der Waals surface area contributed by atoms with E-state index in [9.17, 15) is 9.90 Å². The van der Waals surface area contributed by atoms with Crippen molar-refractivity contribution in [1.82, 2.24) is 9.80 Å². The Morgan fingerprint density at radius 1 is 1.06 bits per heavy atom. The van der Waals surface area contributed by atoms with Gasteiger partial charge in [0.1, 0.15) is 11.4 Å². The van der Waals surface area contributed by atoms with E-state index in [1.165, 1.54) is 11.3 Å². The van der Waals surface area contributed by atoms with E-state index in [2.05, 4.69) is 33.1 Å². The molecule has 8 nitrogen and oxygen atoms in total. The second-order valence-electron chi connectivity index (χ2n) is 10.9. The monoisotopic (exact) mass is 490 g/mol. The Bertz CT molecular complexity index is 810. The zero-order chi connectivity index (χ0) is 25.4. The van der Waals surface area contributed by atoms with Crippen LogP contribution in [0.25, 0.3) is 0 Å². The molecule has 3 rings (SSSR count). The number of likely N-dealkylation sites (N-methyl/N-ethyl adjacent to an activating group) is 1. The van der Waals surface area contributed by atoms with Gasteiger partial charge in [-0.3, -0.25) is 10.2 Å². The Balaban J connectivity index is 1.75. The van der Waals surface area contributed by atoms with Crippen LogP contribution in [0, 0.1) is 0 Å². The van der Waals surface area contributed by atoms with Gasteiger partial charge in [0, 0.05) is 63.7 Å². The number of nitrogens with zero attached hydrogens (tertiary/aromatic N) is 3. The molecule has 2 heterocycles. The van der Waals surface area contributed by atoms with Crippen molar-refractivity contribution >= 4 is 17.5 Å². The molecule has 1 aromatic rings. The van der Waals surface area contributed by atoms with Crippen LogP contribution in [0.3, 0.4) is 0 Å². The Labute approximate surface area is 211 Å². The van der Waals surface area contributed by atoms with Crippen LogP contribution < -0.4 is 15.0 Å². The van der Waals surface area contributed by atoms with E-state index in [0.29, 0.717) is 17.5 Å². The van der Waals surface area contributed by atoms with E-state index in [-0.39, 0.29) is 6.61 Å². The molecule has 1 aromatic carbocycles. The van der Waals surface area contributed by atoms with Crippen molar-refractivity contribution in [2.75, 3.05) is 70.2 Å². The van der Waals surface area contributed by atoms with E-state index in [4.69, 9.17) is 9.47 Å². The fourth-order valence-electron chi connectivity index (χ4n) is 5.05. The minimum atomic E-state index is -0.571. The molecule has 0 bridgehead atoms. The summed E-state index contributed by atoms with van der Waals surface area (Å²) in [7, 11) is 3.84. The molecule has 2 aliphatic rings. The van der Waals surface area contributed by atoms with E-state index in [0.717, 1.165) is 77.8 Å². The lowest BCUT2D eigenvalue weighted by atomic mass is 9.98. The van der Waals surface area contributed by atoms with Gasteiger partial charge in [0.2, 0.25) is 0 Å². The number of amides is 1. The molecule has 2 fully saturated rings. The third-order valence-corrected chi connectivity index (χ3v) is 7.00. The lowest BCUT2D eigenvalue weighted by molar-refractivity contribution is 0.0635. The second-order valence-corrected chi connectivity index (χ2v) is 10.9. The molecule has 8 heteroatoms. The van der Waals surface area contributed by atoms with Crippen LogP contribution in [0.1, 0.15) is 58.4 Å². The first-order chi connectivity index (χ1) is 16.7. The van der Waals surface area contributed by atoms with Crippen LogP contribution >= 0.6 is 0 Å². The quantitative estimate of drug-likeness (QED) is 0.507. The number of rotatable bonds is 9. The molecule has 0 saturated carbocycles. The number of methoxy groups -OCH3 is 1. The van der Waals surface area contributed by atoms with E-state index in [1.54, 1.807) is 7.11 Å². The van der Waals surface area contributed by atoms with Crippen molar-refractivity contribution < 1.29 is 19.4 Å². The molecule has 0 aromatic heterocycles. The Morgan fingerprint density at radius 2 is 1.74 bits per heavy atom. The number of carbonyl (C=O) groups is 1. The van der Waals surface area contributed by atoms with Crippen molar-refractivity contribution in [1.29, 1.82) is 0 Å². The number of hydrogen-bond donors (Lipinski definition) is 2. The average Bonchev–Trinajstić information content (AvgIpc) is 2.81. The number of anilines is 2. The average molecular weight is 491 g/mol. The highest BCUT2D eigenvalue weighted by atomic mass is 16.6. The highest BCUT2D eigenvalue weighted by molar-refractivity contribution is 5.88. The van der Waals surface area contributed by atoms with Gasteiger partial charge in [-0.25, -0.2) is 4.79 Å². The number of aliphatic hydroxyl groups is 1. The van der Waals surface area contributed by atoms with Gasteiger partial charge in [-0.15, -0.1) is 0 Å². The third kappa shape index (κ3) is 8.26. The van der Waals surface area contributed by atoms with E-state index < -0.39 is 11.7 Å². The first kappa shape index (κ1) is 27.6. The molecular formula is C27H46N4O4. The van der Waals surface area contributed by atoms with Gasteiger partial charge in [0.15, 0.2) is 0 Å². The first-order valence-corrected chi connectivity index (χ1v) is 13.2. The van der Waals surface area contributed by atoms with Crippen molar-refractivity contribution in [3.8, 4) is 5.75 Å². The minimum Gasteiger partial charge on any atom is -0.494 e. The number of piperazine rings is 1. The molecule has 2 saturated heterocycles. The maximum absolute atomic E-state index is 12.5. The van der Waals surface area contributed by atoms with Gasteiger partial charge in [-0.05, 0) is 71.6 Å². The van der Waals surface area contributed by atoms with Crippen LogP contribution in [-0.2, 0) is 11.2 Å². The summed E-state index contributed by atoms with van der Waals surface area (Å²) in [6, 6.07) is 4.77. The molecule has 1 amide bonds. The third-order valence-electron chi connectivity index (χ3n) is 7.00. The molecule has 198 valence electrons. The molecule has 2 N–H and O–H groups in total. The summed E-state index contributed by atoms with van der Waals surface area (Å²) in [5, 5.41) is 12.1. The number of aryl methyl sites for hydroxylation is 1. The highest BCUT2D eigenvalue weighted by Gasteiger charge is 2.28. The Morgan fingerprint density at radius 3 is 2.34 bits per heavy atom. The van der Waals surface area contributed by atoms with Crippen LogP contribution in [-0.4, -0.2) is 92.7 Å². The number of piperidine rings is 1. The predicted octanol–water partition coefficient (Wildman–Crippen LogP) is 3.96. The van der Waals surface area contributed by atoms with Crippen LogP contribution in [0.15, 0.2) is 12.1 Å². The maximum Gasteiger partial charge on any atom is 0.412 e. The largest absolute Gasteiger partial charge is 0.494 e. The molecule has 0 spiro atoms. The first-order valence-electron chi connectivity index (χ1n) is 13.2. The van der Waals surface area contributed by atoms with Crippen LogP contribution in [0.2, 0.25) is 0 Å². The predicted molar refractivity (Wildman–Crippen MR) is 142 cm³/mol. The molecule has 0 aliphatic carbocycles. The SMILES string of the molecule is COc1cc(N2CCC(N3CCN(C)CC3)CC2)c(CCCCCO)cc1NC(=O)OC(C)(C)C. The zero-order valence-electron chi connectivity index (χ0n) is 22.4. The summed E-state index contributed by atoms with van der Waals surface area (Å²) in [4.78, 5) is 20.0. The number of benzene rings is 1. The minimum absolute atomic E-state index is 0.223. The molecule has 0 radical (unpaired) electrons. The molecule has 0 atom stereocenters. The van der Waals surface area contributed by atoms with Gasteiger partial charge in [0.05, 0.1) is 12.8 Å². The zero-order valence-corrected chi connectivity index (χ0v) is 22.4. The Hall–Kier alpha value is -2.03. The number of nitrogens with one attached hydrogen (secondary N) is 1. The van der Waals surface area contributed by atoms with Crippen LogP contribution in [0.5, 0.6) is 5.75 Å². The lowest BCUT2D eigenvalue weighted by Gasteiger charge is -2.43. The summed E-state index contributed by atoms with van der Waals surface area (Å²) < 4.78 is 11.2. The van der Waals surface area contributed by atoms with Gasteiger partial charge in [-0.2, -0.15) is 0 Å². The van der Waals surface area contributed by atoms with Gasteiger partial charge >= 0.3 is 6.09 Å². The second kappa shape index (κ2) is 12.8. The number of aliphatic hydroxyl groups excluding tert-OH is 1. The normalized spacial score (nSPS) is 18.5. The number of ether oxygens (including phenoxy) is 2. The highest BCUT2D eigenvalue weighted by Crippen LogP contribution is 2.36. The summed E-state index contributed by atoms with van der Waals surface area (Å²) >= 11 is 0. The summed E-state index contributed by atoms with van der Waals surface area (Å²) in [5.41, 5.74) is 2.46. The molecule has 0 unspecified atom stereocenters. The standard InChI is InChI=1S/C27H46N4O4/c1-27(2,3)35-26(33)28-23-19-21(9-7-6-8-18-32)24(20-25(23)34-5)31-12-10-22(11-13-31)30-16-14-29(4)15-17-30/h19-20,22,32H,6-18H2,1-5H3,(H,28,33). The van der Waals surface area contributed by atoms with E-state index in [1.807, 2.05) is 26.8 Å². The fourth-order valence-corrected chi connectivity index (χ4v) is 5.05. The molecular weight excluding hydrogens is 444 g/mol. The summed E-state index contributed by atoms with van der Waals surface area (Å²) in [6.07, 6.45) is 5.50. The summed E-state index contributed by atoms with van der Waals surface area (Å²) in [6.45, 7) is 12.4. The smallest absolute Gasteiger partial charge is 0.412 e. The number of unbranched alkanes of at least 4 members (excludes halogenated alkanes) is 2. The number of hydrogen-bond acceptors (Lipinski definition) is 7. The van der Waals surface area contributed by atoms with Crippen LogP contribution in [0.4, 0.5) is 16.2 Å². The van der Waals surface area contributed by atoms with Gasteiger partial charge in [0.25, 0.3) is 0 Å². The topological polar surface area (TPSA) is 77.5 Å². The van der Waals surface area contributed by atoms with Crippen molar-refractivity contribution in [3.05, 3.63) is 17.7 Å². The fraction of sp³-hybridized carbons (Fsp3) is 0.741. The lowest BCUT2D eigenvalue weighted by Crippen LogP contribution is -2.52.